The molecule has 0 aliphatic rings. The Morgan fingerprint density at radius 2 is 2.29 bits per heavy atom. The molecule has 1 N–H and O–H groups in total. The summed E-state index contributed by atoms with van der Waals surface area (Å²) in [5, 5.41) is 7.10. The van der Waals surface area contributed by atoms with Gasteiger partial charge >= 0.3 is 0 Å². The lowest BCUT2D eigenvalue weighted by Crippen LogP contribution is -2.25. The van der Waals surface area contributed by atoms with E-state index in [0.717, 1.165) is 12.1 Å². The van der Waals surface area contributed by atoms with Crippen LogP contribution < -0.4 is 5.32 Å². The van der Waals surface area contributed by atoms with E-state index in [-0.39, 0.29) is 11.9 Å². The van der Waals surface area contributed by atoms with Crippen molar-refractivity contribution in [3.05, 3.63) is 17.5 Å². The van der Waals surface area contributed by atoms with Crippen LogP contribution in [0.4, 0.5) is 0 Å². The molecular formula is C12H21N3O2. The van der Waals surface area contributed by atoms with Crippen molar-refractivity contribution in [3.63, 3.8) is 0 Å². The van der Waals surface area contributed by atoms with E-state index in [1.54, 1.807) is 7.11 Å². The van der Waals surface area contributed by atoms with Crippen molar-refractivity contribution in [2.45, 2.75) is 33.2 Å². The molecule has 0 aliphatic carbocycles. The first kappa shape index (κ1) is 13.7. The molecule has 1 amide bonds. The summed E-state index contributed by atoms with van der Waals surface area (Å²) < 4.78 is 6.76. The van der Waals surface area contributed by atoms with Crippen LogP contribution in [-0.4, -0.2) is 35.9 Å². The van der Waals surface area contributed by atoms with Crippen LogP contribution >= 0.6 is 0 Å². The van der Waals surface area contributed by atoms with Crippen LogP contribution in [0.25, 0.3) is 0 Å². The van der Waals surface area contributed by atoms with Crippen molar-refractivity contribution in [1.29, 1.82) is 0 Å². The Bertz CT molecular complexity index is 372. The van der Waals surface area contributed by atoms with Gasteiger partial charge in [0.2, 0.25) is 0 Å². The maximum atomic E-state index is 11.8. The topological polar surface area (TPSA) is 56.1 Å². The number of methoxy groups -OCH3 is 1. The van der Waals surface area contributed by atoms with Gasteiger partial charge in [-0.1, -0.05) is 0 Å². The van der Waals surface area contributed by atoms with Gasteiger partial charge in [-0.15, -0.1) is 0 Å². The van der Waals surface area contributed by atoms with Gasteiger partial charge in [0, 0.05) is 32.0 Å². The van der Waals surface area contributed by atoms with Crippen LogP contribution in [0.15, 0.2) is 6.07 Å². The summed E-state index contributed by atoms with van der Waals surface area (Å²) in [7, 11) is 1.65. The van der Waals surface area contributed by atoms with Gasteiger partial charge in [-0.2, -0.15) is 5.10 Å². The second-order valence-electron chi connectivity index (χ2n) is 4.31. The van der Waals surface area contributed by atoms with Gasteiger partial charge in [0.1, 0.15) is 5.69 Å². The number of aryl methyl sites for hydroxylation is 1. The average molecular weight is 239 g/mol. The number of nitrogens with zero attached hydrogens (tertiary/aromatic N) is 2. The molecular weight excluding hydrogens is 218 g/mol. The van der Waals surface area contributed by atoms with Crippen molar-refractivity contribution in [2.24, 2.45) is 0 Å². The molecule has 1 rings (SSSR count). The van der Waals surface area contributed by atoms with Gasteiger partial charge in [0.25, 0.3) is 5.91 Å². The second kappa shape index (κ2) is 6.39. The maximum absolute atomic E-state index is 11.8. The van der Waals surface area contributed by atoms with Crippen LogP contribution in [0.2, 0.25) is 0 Å². The molecule has 1 aromatic heterocycles. The Kier molecular flexibility index (Phi) is 5.15. The van der Waals surface area contributed by atoms with Crippen molar-refractivity contribution < 1.29 is 9.53 Å². The van der Waals surface area contributed by atoms with E-state index in [4.69, 9.17) is 4.74 Å². The number of carbonyl (C=O) groups is 1. The highest BCUT2D eigenvalue weighted by Crippen LogP contribution is 2.09. The fraction of sp³-hybridized carbons (Fsp3) is 0.667. The number of hydrogen-bond donors (Lipinski definition) is 1. The minimum Gasteiger partial charge on any atom is -0.385 e. The molecule has 0 saturated carbocycles. The van der Waals surface area contributed by atoms with E-state index >= 15 is 0 Å². The highest BCUT2D eigenvalue weighted by atomic mass is 16.5. The van der Waals surface area contributed by atoms with Crippen molar-refractivity contribution in [3.8, 4) is 0 Å². The highest BCUT2D eigenvalue weighted by molar-refractivity contribution is 5.92. The van der Waals surface area contributed by atoms with E-state index < -0.39 is 0 Å². The number of carbonyl (C=O) groups excluding carboxylic acids is 1. The smallest absolute Gasteiger partial charge is 0.271 e. The van der Waals surface area contributed by atoms with Crippen LogP contribution in [0.1, 0.15) is 42.5 Å². The fourth-order valence-corrected chi connectivity index (χ4v) is 1.63. The summed E-state index contributed by atoms with van der Waals surface area (Å²) >= 11 is 0. The SMILES string of the molecule is COCCCNC(=O)c1cc(C)n(C(C)C)n1. The Morgan fingerprint density at radius 3 is 2.82 bits per heavy atom. The number of ether oxygens (including phenoxy) is 1. The normalized spacial score (nSPS) is 10.9. The summed E-state index contributed by atoms with van der Waals surface area (Å²) in [6.45, 7) is 7.30. The molecule has 0 aliphatic heterocycles. The third kappa shape index (κ3) is 3.85. The first-order valence-corrected chi connectivity index (χ1v) is 5.89. The number of aromatic nitrogens is 2. The summed E-state index contributed by atoms with van der Waals surface area (Å²) in [5.41, 5.74) is 1.48. The lowest BCUT2D eigenvalue weighted by molar-refractivity contribution is 0.0942. The minimum absolute atomic E-state index is 0.122. The number of amides is 1. The Labute approximate surface area is 102 Å². The molecule has 96 valence electrons. The van der Waals surface area contributed by atoms with E-state index in [0.29, 0.717) is 18.8 Å². The molecule has 17 heavy (non-hydrogen) atoms. The van der Waals surface area contributed by atoms with Crippen LogP contribution in [-0.2, 0) is 4.74 Å². The summed E-state index contributed by atoms with van der Waals surface area (Å²) in [6.07, 6.45) is 0.812. The fourth-order valence-electron chi connectivity index (χ4n) is 1.63. The van der Waals surface area contributed by atoms with Crippen molar-refractivity contribution >= 4 is 5.91 Å². The first-order valence-electron chi connectivity index (χ1n) is 5.89. The molecule has 1 heterocycles. The van der Waals surface area contributed by atoms with Gasteiger partial charge in [-0.05, 0) is 33.3 Å². The molecule has 0 saturated heterocycles. The Balaban J connectivity index is 2.54. The molecule has 0 fully saturated rings. The number of rotatable bonds is 6. The lowest BCUT2D eigenvalue weighted by Gasteiger charge is -2.07. The summed E-state index contributed by atoms with van der Waals surface area (Å²) in [6, 6.07) is 2.08. The molecule has 5 nitrogen and oxygen atoms in total. The van der Waals surface area contributed by atoms with Crippen LogP contribution in [0.3, 0.4) is 0 Å². The van der Waals surface area contributed by atoms with E-state index in [2.05, 4.69) is 10.4 Å². The molecule has 1 aromatic rings. The predicted molar refractivity (Wildman–Crippen MR) is 66.2 cm³/mol. The monoisotopic (exact) mass is 239 g/mol. The summed E-state index contributed by atoms with van der Waals surface area (Å²) in [5.74, 6) is -0.122. The van der Waals surface area contributed by atoms with Gasteiger partial charge < -0.3 is 10.1 Å². The van der Waals surface area contributed by atoms with Crippen LogP contribution in [0.5, 0.6) is 0 Å². The van der Waals surface area contributed by atoms with E-state index in [9.17, 15) is 4.79 Å². The zero-order chi connectivity index (χ0) is 12.8. The number of hydrogen-bond acceptors (Lipinski definition) is 3. The maximum Gasteiger partial charge on any atom is 0.271 e. The minimum atomic E-state index is -0.122. The first-order chi connectivity index (χ1) is 8.06. The van der Waals surface area contributed by atoms with Gasteiger partial charge in [0.15, 0.2) is 0 Å². The molecule has 0 bridgehead atoms. The average Bonchev–Trinajstić information content (AvgIpc) is 2.66. The predicted octanol–water partition coefficient (Wildman–Crippen LogP) is 1.54. The Morgan fingerprint density at radius 1 is 1.59 bits per heavy atom. The standard InChI is InChI=1S/C12H21N3O2/c1-9(2)15-10(3)8-11(14-15)12(16)13-6-5-7-17-4/h8-9H,5-7H2,1-4H3,(H,13,16). The molecule has 0 aromatic carbocycles. The molecule has 0 spiro atoms. The number of nitrogens with one attached hydrogen (secondary N) is 1. The second-order valence-corrected chi connectivity index (χ2v) is 4.31. The Hall–Kier alpha value is -1.36. The quantitative estimate of drug-likeness (QED) is 0.766. The molecule has 0 radical (unpaired) electrons. The van der Waals surface area contributed by atoms with Gasteiger partial charge in [-0.25, -0.2) is 0 Å². The largest absolute Gasteiger partial charge is 0.385 e. The van der Waals surface area contributed by atoms with E-state index in [1.165, 1.54) is 0 Å². The zero-order valence-corrected chi connectivity index (χ0v) is 11.0. The lowest BCUT2D eigenvalue weighted by atomic mass is 10.3. The van der Waals surface area contributed by atoms with Gasteiger partial charge in [-0.3, -0.25) is 9.48 Å². The van der Waals surface area contributed by atoms with E-state index in [1.807, 2.05) is 31.5 Å². The third-order valence-corrected chi connectivity index (χ3v) is 2.46. The third-order valence-electron chi connectivity index (χ3n) is 2.46. The molecule has 0 unspecified atom stereocenters. The van der Waals surface area contributed by atoms with Crippen molar-refractivity contribution in [2.75, 3.05) is 20.3 Å². The highest BCUT2D eigenvalue weighted by Gasteiger charge is 2.12. The van der Waals surface area contributed by atoms with Crippen LogP contribution in [0, 0.1) is 6.92 Å². The zero-order valence-electron chi connectivity index (χ0n) is 11.0. The molecule has 5 heteroatoms. The molecule has 0 atom stereocenters. The van der Waals surface area contributed by atoms with Crippen molar-refractivity contribution in [1.82, 2.24) is 15.1 Å². The van der Waals surface area contributed by atoms with Gasteiger partial charge in [0.05, 0.1) is 0 Å². The summed E-state index contributed by atoms with van der Waals surface area (Å²) in [4.78, 5) is 11.8.